The fourth-order valence-electron chi connectivity index (χ4n) is 5.24. The van der Waals surface area contributed by atoms with Crippen molar-refractivity contribution in [2.24, 2.45) is 5.41 Å². The van der Waals surface area contributed by atoms with Gasteiger partial charge in [0.15, 0.2) is 0 Å². The van der Waals surface area contributed by atoms with E-state index in [1.165, 1.54) is 12.1 Å². The number of fused-ring (bicyclic) bond motifs is 5. The molecule has 1 saturated heterocycles. The van der Waals surface area contributed by atoms with Crippen LogP contribution in [-0.4, -0.2) is 72.9 Å². The zero-order valence-corrected chi connectivity index (χ0v) is 24.6. The first-order valence-electron chi connectivity index (χ1n) is 13.6. The number of amides is 1. The number of nitrogens with one attached hydrogen (secondary N) is 1. The number of carbonyl (C=O) groups is 1. The van der Waals surface area contributed by atoms with E-state index in [0.29, 0.717) is 24.3 Å². The first-order chi connectivity index (χ1) is 18.9. The SMILES string of the molecule is Cc1cccc(C)c1-c1cc2nc(n1)NS(=O)(=O)c1cccc(c1)C(=O)N1CCN(CCC(C)(C)C)C[C@@H]1CO2. The van der Waals surface area contributed by atoms with Gasteiger partial charge in [0.25, 0.3) is 15.9 Å². The molecule has 1 atom stereocenters. The Morgan fingerprint density at radius 3 is 2.48 bits per heavy atom. The van der Waals surface area contributed by atoms with Gasteiger partial charge in [0.1, 0.15) is 6.61 Å². The van der Waals surface area contributed by atoms with E-state index in [1.807, 2.05) is 32.0 Å². The maximum absolute atomic E-state index is 13.7. The number of piperazine rings is 1. The number of sulfonamides is 1. The number of anilines is 1. The van der Waals surface area contributed by atoms with Crippen LogP contribution in [0.3, 0.4) is 0 Å². The second kappa shape index (κ2) is 10.8. The lowest BCUT2D eigenvalue weighted by atomic mass is 9.92. The third kappa shape index (κ3) is 6.13. The summed E-state index contributed by atoms with van der Waals surface area (Å²) in [6.07, 6.45) is 1.04. The van der Waals surface area contributed by atoms with E-state index < -0.39 is 10.0 Å². The lowest BCUT2D eigenvalue weighted by Crippen LogP contribution is -2.57. The van der Waals surface area contributed by atoms with Gasteiger partial charge in [0.05, 0.1) is 16.6 Å². The minimum atomic E-state index is -4.07. The smallest absolute Gasteiger partial charge is 0.264 e. The molecule has 3 aromatic rings. The van der Waals surface area contributed by atoms with Crippen LogP contribution in [0.2, 0.25) is 0 Å². The Morgan fingerprint density at radius 1 is 1.02 bits per heavy atom. The number of carbonyl (C=O) groups excluding carboxylic acids is 1. The molecule has 2 aliphatic rings. The molecule has 2 aliphatic heterocycles. The first-order valence-corrected chi connectivity index (χ1v) is 15.1. The van der Waals surface area contributed by atoms with Crippen molar-refractivity contribution in [2.75, 3.05) is 37.5 Å². The quantitative estimate of drug-likeness (QED) is 0.500. The van der Waals surface area contributed by atoms with Crippen LogP contribution in [0.15, 0.2) is 53.4 Å². The van der Waals surface area contributed by atoms with Gasteiger partial charge in [-0.2, -0.15) is 4.98 Å². The summed E-state index contributed by atoms with van der Waals surface area (Å²) in [5.74, 6) is -0.0525. The summed E-state index contributed by atoms with van der Waals surface area (Å²) in [7, 11) is -4.07. The second-order valence-electron chi connectivity index (χ2n) is 11.9. The normalized spacial score (nSPS) is 19.4. The van der Waals surface area contributed by atoms with Crippen LogP contribution in [0.5, 0.6) is 5.88 Å². The highest BCUT2D eigenvalue weighted by Crippen LogP contribution is 2.30. The van der Waals surface area contributed by atoms with Crippen LogP contribution in [0, 0.1) is 19.3 Å². The van der Waals surface area contributed by atoms with E-state index >= 15 is 0 Å². The number of hydrogen-bond acceptors (Lipinski definition) is 7. The van der Waals surface area contributed by atoms with Crippen molar-refractivity contribution >= 4 is 21.9 Å². The highest BCUT2D eigenvalue weighted by molar-refractivity contribution is 7.92. The highest BCUT2D eigenvalue weighted by Gasteiger charge is 2.33. The number of aryl methyl sites for hydroxylation is 2. The third-order valence-corrected chi connectivity index (χ3v) is 8.81. The molecular weight excluding hydrogens is 526 g/mol. The zero-order valence-electron chi connectivity index (χ0n) is 23.8. The first kappa shape index (κ1) is 28.0. The van der Waals surface area contributed by atoms with Crippen LogP contribution in [0.25, 0.3) is 11.3 Å². The fraction of sp³-hybridized carbons (Fsp3) is 0.433. The molecule has 3 heterocycles. The maximum atomic E-state index is 13.7. The van der Waals surface area contributed by atoms with Crippen LogP contribution in [-0.2, 0) is 10.0 Å². The summed E-state index contributed by atoms with van der Waals surface area (Å²) in [5, 5.41) is 0. The Labute approximate surface area is 236 Å². The van der Waals surface area contributed by atoms with Crippen molar-refractivity contribution in [3.8, 4) is 17.1 Å². The van der Waals surface area contributed by atoms with E-state index in [4.69, 9.17) is 4.74 Å². The van der Waals surface area contributed by atoms with Gasteiger partial charge in [0.2, 0.25) is 11.8 Å². The Bertz CT molecular complexity index is 1510. The van der Waals surface area contributed by atoms with Crippen molar-refractivity contribution in [3.63, 3.8) is 0 Å². The van der Waals surface area contributed by atoms with Gasteiger partial charge in [-0.3, -0.25) is 9.69 Å². The van der Waals surface area contributed by atoms with Gasteiger partial charge < -0.3 is 9.64 Å². The van der Waals surface area contributed by atoms with Crippen LogP contribution >= 0.6 is 0 Å². The molecule has 1 N–H and O–H groups in total. The monoisotopic (exact) mass is 563 g/mol. The average Bonchev–Trinajstić information content (AvgIpc) is 2.89. The molecule has 1 aromatic heterocycles. The topological polar surface area (TPSA) is 105 Å². The van der Waals surface area contributed by atoms with E-state index in [2.05, 4.69) is 40.4 Å². The Kier molecular flexibility index (Phi) is 7.58. The summed E-state index contributed by atoms with van der Waals surface area (Å²) < 4.78 is 35.5. The van der Waals surface area contributed by atoms with E-state index in [1.54, 1.807) is 23.1 Å². The van der Waals surface area contributed by atoms with Crippen molar-refractivity contribution < 1.29 is 17.9 Å². The largest absolute Gasteiger partial charge is 0.475 e. The highest BCUT2D eigenvalue weighted by atomic mass is 32.2. The molecule has 0 unspecified atom stereocenters. The van der Waals surface area contributed by atoms with Crippen LogP contribution in [0.4, 0.5) is 5.95 Å². The van der Waals surface area contributed by atoms with E-state index in [-0.39, 0.29) is 40.7 Å². The van der Waals surface area contributed by atoms with Crippen LogP contribution < -0.4 is 9.46 Å². The van der Waals surface area contributed by atoms with Crippen molar-refractivity contribution in [1.29, 1.82) is 0 Å². The predicted molar refractivity (Wildman–Crippen MR) is 155 cm³/mol. The molecule has 0 spiro atoms. The second-order valence-corrected chi connectivity index (χ2v) is 13.6. The third-order valence-electron chi connectivity index (χ3n) is 7.49. The summed E-state index contributed by atoms with van der Waals surface area (Å²) in [6.45, 7) is 13.7. The molecule has 2 aromatic carbocycles. The predicted octanol–water partition coefficient (Wildman–Crippen LogP) is 4.52. The van der Waals surface area contributed by atoms with Gasteiger partial charge in [-0.05, 0) is 61.6 Å². The fourth-order valence-corrected chi connectivity index (χ4v) is 6.23. The molecule has 9 nitrogen and oxygen atoms in total. The van der Waals surface area contributed by atoms with Gasteiger partial charge in [-0.25, -0.2) is 18.1 Å². The lowest BCUT2D eigenvalue weighted by Gasteiger charge is -2.42. The molecule has 0 aliphatic carbocycles. The van der Waals surface area contributed by atoms with Gasteiger partial charge in [-0.15, -0.1) is 0 Å². The van der Waals surface area contributed by atoms with E-state index in [0.717, 1.165) is 36.2 Å². The Hall–Kier alpha value is -3.50. The minimum Gasteiger partial charge on any atom is -0.475 e. The number of hydrogen-bond donors (Lipinski definition) is 1. The van der Waals surface area contributed by atoms with Crippen molar-refractivity contribution in [3.05, 3.63) is 65.2 Å². The molecule has 1 amide bonds. The summed E-state index contributed by atoms with van der Waals surface area (Å²) >= 11 is 0. The number of rotatable bonds is 3. The molecular formula is C30H37N5O4S. The van der Waals surface area contributed by atoms with Crippen molar-refractivity contribution in [2.45, 2.75) is 52.0 Å². The molecule has 0 saturated carbocycles. The summed E-state index contributed by atoms with van der Waals surface area (Å²) in [4.78, 5) is 26.8. The van der Waals surface area contributed by atoms with Crippen molar-refractivity contribution in [1.82, 2.24) is 19.8 Å². The number of ether oxygens (including phenoxy) is 1. The molecule has 0 radical (unpaired) electrons. The maximum Gasteiger partial charge on any atom is 0.264 e. The van der Waals surface area contributed by atoms with E-state index in [9.17, 15) is 13.2 Å². The molecule has 212 valence electrons. The molecule has 5 rings (SSSR count). The van der Waals surface area contributed by atoms with Crippen LogP contribution in [0.1, 0.15) is 48.7 Å². The lowest BCUT2D eigenvalue weighted by molar-refractivity contribution is 0.0306. The molecule has 10 heteroatoms. The zero-order chi connectivity index (χ0) is 28.7. The Balaban J connectivity index is 1.57. The molecule has 4 bridgehead atoms. The number of aromatic nitrogens is 2. The molecule has 40 heavy (non-hydrogen) atoms. The average molecular weight is 564 g/mol. The summed E-state index contributed by atoms with van der Waals surface area (Å²) in [6, 6.07) is 13.6. The van der Waals surface area contributed by atoms with Gasteiger partial charge in [-0.1, -0.05) is 45.0 Å². The number of nitrogens with zero attached hydrogens (tertiary/aromatic N) is 4. The Morgan fingerprint density at radius 2 is 1.75 bits per heavy atom. The minimum absolute atomic E-state index is 0.0264. The standard InChI is InChI=1S/C30H37N5O4S/c1-20-8-6-9-21(2)27(20)25-17-26-32-29(31-25)33-40(37,38)24-11-7-10-22(16-24)28(36)35-15-14-34(13-12-30(3,4)5)18-23(35)19-39-26/h6-11,16-17,23H,12-15,18-19H2,1-5H3,(H,31,32,33)/t23-/m1/s1. The molecule has 1 fully saturated rings. The number of benzene rings is 2. The van der Waals surface area contributed by atoms with Gasteiger partial charge in [0, 0.05) is 36.8 Å². The summed E-state index contributed by atoms with van der Waals surface area (Å²) in [5.41, 5.74) is 3.98. The van der Waals surface area contributed by atoms with Gasteiger partial charge >= 0.3 is 0 Å².